The Morgan fingerprint density at radius 3 is 2.70 bits per heavy atom. The van der Waals surface area contributed by atoms with E-state index in [0.717, 1.165) is 29.2 Å². The average Bonchev–Trinajstić information content (AvgIpc) is 2.72. The second-order valence-electron chi connectivity index (χ2n) is 4.57. The van der Waals surface area contributed by atoms with E-state index in [1.807, 2.05) is 33.0 Å². The molecule has 0 saturated heterocycles. The normalized spacial score (nSPS) is 10.8. The van der Waals surface area contributed by atoms with Gasteiger partial charge in [-0.1, -0.05) is 18.5 Å². The van der Waals surface area contributed by atoms with E-state index in [2.05, 4.69) is 10.1 Å². The number of halogens is 1. The summed E-state index contributed by atoms with van der Waals surface area (Å²) in [4.78, 5) is 4.36. The second kappa shape index (κ2) is 6.24. The van der Waals surface area contributed by atoms with Gasteiger partial charge in [-0.15, -0.1) is 0 Å². The Hall–Kier alpha value is -1.59. The van der Waals surface area contributed by atoms with Crippen LogP contribution in [0.3, 0.4) is 0 Å². The quantitative estimate of drug-likeness (QED) is 0.919. The lowest BCUT2D eigenvalue weighted by atomic mass is 10.3. The summed E-state index contributed by atoms with van der Waals surface area (Å²) in [7, 11) is 1.86. The number of nitrogens with zero attached hydrogens (tertiary/aromatic N) is 3. The molecule has 2 aromatic rings. The van der Waals surface area contributed by atoms with Gasteiger partial charge in [-0.2, -0.15) is 5.10 Å². The van der Waals surface area contributed by atoms with Crippen molar-refractivity contribution in [1.82, 2.24) is 14.8 Å². The van der Waals surface area contributed by atoms with Crippen LogP contribution >= 0.6 is 11.6 Å². The van der Waals surface area contributed by atoms with Crippen molar-refractivity contribution in [1.29, 1.82) is 0 Å². The summed E-state index contributed by atoms with van der Waals surface area (Å²) < 4.78 is 7.56. The highest BCUT2D eigenvalue weighted by Gasteiger charge is 2.14. The van der Waals surface area contributed by atoms with Crippen molar-refractivity contribution in [2.24, 2.45) is 12.8 Å². The number of pyridine rings is 1. The molecule has 2 N–H and O–H groups in total. The van der Waals surface area contributed by atoms with Crippen LogP contribution in [0.2, 0.25) is 5.02 Å². The maximum Gasteiger partial charge on any atom is 0.142 e. The van der Waals surface area contributed by atoms with Gasteiger partial charge in [-0.05, 0) is 25.5 Å². The fourth-order valence-electron chi connectivity index (χ4n) is 2.00. The summed E-state index contributed by atoms with van der Waals surface area (Å²) in [5.74, 6) is 0.688. The largest absolute Gasteiger partial charge is 0.485 e. The zero-order valence-electron chi connectivity index (χ0n) is 12.0. The zero-order valence-corrected chi connectivity index (χ0v) is 12.7. The third-order valence-electron chi connectivity index (χ3n) is 3.13. The molecule has 2 heterocycles. The van der Waals surface area contributed by atoms with Gasteiger partial charge in [-0.25, -0.2) is 0 Å². The monoisotopic (exact) mass is 294 g/mol. The van der Waals surface area contributed by atoms with Crippen LogP contribution in [0.4, 0.5) is 0 Å². The molecule has 0 aliphatic rings. The number of aryl methyl sites for hydroxylation is 3. The van der Waals surface area contributed by atoms with Gasteiger partial charge < -0.3 is 10.5 Å². The predicted octanol–water partition coefficient (Wildman–Crippen LogP) is 2.38. The van der Waals surface area contributed by atoms with Crippen molar-refractivity contribution in [2.45, 2.75) is 33.4 Å². The summed E-state index contributed by atoms with van der Waals surface area (Å²) in [5, 5.41) is 5.03. The van der Waals surface area contributed by atoms with E-state index in [1.54, 1.807) is 4.68 Å². The maximum atomic E-state index is 6.29. The first kappa shape index (κ1) is 14.8. The van der Waals surface area contributed by atoms with Crippen molar-refractivity contribution in [2.75, 3.05) is 0 Å². The zero-order chi connectivity index (χ0) is 14.7. The Labute approximate surface area is 123 Å². The van der Waals surface area contributed by atoms with Gasteiger partial charge in [0.05, 0.1) is 22.1 Å². The fraction of sp³-hybridized carbons (Fsp3) is 0.429. The van der Waals surface area contributed by atoms with Crippen molar-refractivity contribution >= 4 is 11.6 Å². The van der Waals surface area contributed by atoms with E-state index in [0.29, 0.717) is 23.9 Å². The first-order valence-electron chi connectivity index (χ1n) is 6.56. The molecule has 0 spiro atoms. The minimum atomic E-state index is 0.344. The molecule has 6 heteroatoms. The smallest absolute Gasteiger partial charge is 0.142 e. The predicted molar refractivity (Wildman–Crippen MR) is 78.8 cm³/mol. The van der Waals surface area contributed by atoms with Gasteiger partial charge >= 0.3 is 0 Å². The maximum absolute atomic E-state index is 6.29. The lowest BCUT2D eigenvalue weighted by molar-refractivity contribution is 0.290. The number of hydrogen-bond donors (Lipinski definition) is 1. The first-order chi connectivity index (χ1) is 9.56. The van der Waals surface area contributed by atoms with Crippen molar-refractivity contribution < 1.29 is 4.74 Å². The molecule has 5 nitrogen and oxygen atoms in total. The van der Waals surface area contributed by atoms with Gasteiger partial charge in [0.2, 0.25) is 0 Å². The van der Waals surface area contributed by atoms with Gasteiger partial charge in [0.15, 0.2) is 0 Å². The minimum absolute atomic E-state index is 0.344. The molecule has 108 valence electrons. The lowest BCUT2D eigenvalue weighted by Crippen LogP contribution is -2.08. The van der Waals surface area contributed by atoms with E-state index < -0.39 is 0 Å². The van der Waals surface area contributed by atoms with Crippen LogP contribution in [0.1, 0.15) is 29.7 Å². The molecular weight excluding hydrogens is 276 g/mol. The van der Waals surface area contributed by atoms with Gasteiger partial charge in [0.25, 0.3) is 0 Å². The number of rotatable bonds is 5. The molecule has 2 aromatic heterocycles. The fourth-order valence-corrected chi connectivity index (χ4v) is 2.35. The van der Waals surface area contributed by atoms with Crippen LogP contribution < -0.4 is 10.5 Å². The van der Waals surface area contributed by atoms with Crippen LogP contribution in [0.25, 0.3) is 0 Å². The second-order valence-corrected chi connectivity index (χ2v) is 4.95. The summed E-state index contributed by atoms with van der Waals surface area (Å²) in [6.45, 7) is 4.64. The highest BCUT2D eigenvalue weighted by molar-refractivity contribution is 6.31. The SMILES string of the molecule is CCc1nn(C)c(COc2ccc(C)nc2CN)c1Cl. The molecule has 20 heavy (non-hydrogen) atoms. The Bertz CT molecular complexity index is 609. The van der Waals surface area contributed by atoms with Gasteiger partial charge in [0.1, 0.15) is 12.4 Å². The van der Waals surface area contributed by atoms with E-state index in [4.69, 9.17) is 22.1 Å². The number of hydrogen-bond acceptors (Lipinski definition) is 4. The molecule has 0 bridgehead atoms. The first-order valence-corrected chi connectivity index (χ1v) is 6.94. The molecule has 0 aliphatic heterocycles. The third-order valence-corrected chi connectivity index (χ3v) is 3.57. The molecule has 0 atom stereocenters. The standard InChI is InChI=1S/C14H19ClN4O/c1-4-10-14(15)12(19(3)18-10)8-20-13-6-5-9(2)17-11(13)7-16/h5-6H,4,7-8,16H2,1-3H3. The van der Waals surface area contributed by atoms with Gasteiger partial charge in [-0.3, -0.25) is 9.67 Å². The van der Waals surface area contributed by atoms with Crippen LogP contribution in [0.5, 0.6) is 5.75 Å². The third kappa shape index (κ3) is 2.94. The molecule has 0 amide bonds. The van der Waals surface area contributed by atoms with E-state index in [1.165, 1.54) is 0 Å². The number of aromatic nitrogens is 3. The molecular formula is C14H19ClN4O. The molecule has 2 rings (SSSR count). The molecule has 0 fully saturated rings. The molecule has 0 saturated carbocycles. The summed E-state index contributed by atoms with van der Waals surface area (Å²) >= 11 is 6.29. The molecule has 0 aliphatic carbocycles. The van der Waals surface area contributed by atoms with Crippen LogP contribution in [-0.2, 0) is 26.6 Å². The summed E-state index contributed by atoms with van der Waals surface area (Å²) in [5.41, 5.74) is 9.09. The van der Waals surface area contributed by atoms with E-state index in [9.17, 15) is 0 Å². The Kier molecular flexibility index (Phi) is 4.62. The highest BCUT2D eigenvalue weighted by Crippen LogP contribution is 2.23. The number of ether oxygens (including phenoxy) is 1. The Balaban J connectivity index is 2.19. The van der Waals surface area contributed by atoms with Crippen molar-refractivity contribution in [3.8, 4) is 5.75 Å². The van der Waals surface area contributed by atoms with Crippen molar-refractivity contribution in [3.05, 3.63) is 39.9 Å². The van der Waals surface area contributed by atoms with E-state index in [-0.39, 0.29) is 0 Å². The molecule has 0 unspecified atom stereocenters. The van der Waals surface area contributed by atoms with E-state index >= 15 is 0 Å². The summed E-state index contributed by atoms with van der Waals surface area (Å²) in [6, 6.07) is 3.78. The Morgan fingerprint density at radius 2 is 2.10 bits per heavy atom. The van der Waals surface area contributed by atoms with Crippen LogP contribution in [0, 0.1) is 6.92 Å². The highest BCUT2D eigenvalue weighted by atomic mass is 35.5. The van der Waals surface area contributed by atoms with Gasteiger partial charge in [0, 0.05) is 19.3 Å². The average molecular weight is 295 g/mol. The molecule has 0 aromatic carbocycles. The van der Waals surface area contributed by atoms with Crippen molar-refractivity contribution in [3.63, 3.8) is 0 Å². The Morgan fingerprint density at radius 1 is 1.35 bits per heavy atom. The number of nitrogens with two attached hydrogens (primary N) is 1. The van der Waals surface area contributed by atoms with Crippen LogP contribution in [0.15, 0.2) is 12.1 Å². The minimum Gasteiger partial charge on any atom is -0.485 e. The lowest BCUT2D eigenvalue weighted by Gasteiger charge is -2.10. The topological polar surface area (TPSA) is 66.0 Å². The van der Waals surface area contributed by atoms with Crippen LogP contribution in [-0.4, -0.2) is 14.8 Å². The molecule has 0 radical (unpaired) electrons. The summed E-state index contributed by atoms with van der Waals surface area (Å²) in [6.07, 6.45) is 0.798.